The van der Waals surface area contributed by atoms with Crippen molar-refractivity contribution in [3.8, 4) is 0 Å². The predicted molar refractivity (Wildman–Crippen MR) is 67.6 cm³/mol. The van der Waals surface area contributed by atoms with Crippen LogP contribution in [0, 0.1) is 11.3 Å². The van der Waals surface area contributed by atoms with Crippen LogP contribution in [0.25, 0.3) is 0 Å². The second-order valence-electron chi connectivity index (χ2n) is 6.06. The number of aliphatic hydroxyl groups excluding tert-OH is 1. The normalized spacial score (nSPS) is 29.1. The fourth-order valence-corrected chi connectivity index (χ4v) is 3.33. The quantitative estimate of drug-likeness (QED) is 0.802. The van der Waals surface area contributed by atoms with Gasteiger partial charge in [-0.15, -0.1) is 0 Å². The lowest BCUT2D eigenvalue weighted by Crippen LogP contribution is -2.48. The van der Waals surface area contributed by atoms with Crippen molar-refractivity contribution < 1.29 is 9.90 Å². The molecule has 0 bridgehead atoms. The van der Waals surface area contributed by atoms with E-state index in [1.807, 2.05) is 4.90 Å². The van der Waals surface area contributed by atoms with E-state index in [1.165, 1.54) is 19.3 Å². The molecule has 0 radical (unpaired) electrons. The molecule has 2 rings (SSSR count). The van der Waals surface area contributed by atoms with Crippen molar-refractivity contribution in [2.24, 2.45) is 11.3 Å². The Balaban J connectivity index is 1.98. The Morgan fingerprint density at radius 2 is 2.00 bits per heavy atom. The van der Waals surface area contributed by atoms with E-state index in [1.54, 1.807) is 0 Å². The van der Waals surface area contributed by atoms with E-state index in [0.717, 1.165) is 38.8 Å². The first kappa shape index (κ1) is 12.9. The number of piperidine rings is 1. The molecule has 0 aromatic rings. The highest BCUT2D eigenvalue weighted by atomic mass is 16.3. The first-order valence-electron chi connectivity index (χ1n) is 7.06. The topological polar surface area (TPSA) is 40.5 Å². The molecule has 1 aliphatic carbocycles. The van der Waals surface area contributed by atoms with Crippen molar-refractivity contribution in [1.29, 1.82) is 0 Å². The second kappa shape index (κ2) is 5.38. The third kappa shape index (κ3) is 2.82. The van der Waals surface area contributed by atoms with Crippen LogP contribution in [0.1, 0.15) is 51.9 Å². The van der Waals surface area contributed by atoms with Gasteiger partial charge in [-0.2, -0.15) is 0 Å². The van der Waals surface area contributed by atoms with E-state index < -0.39 is 0 Å². The Kier molecular flexibility index (Phi) is 4.08. The SMILES string of the molecule is CC1(C(=O)N2CCCC(CO)C2)CCCCC1. The Labute approximate surface area is 104 Å². The molecule has 0 spiro atoms. The number of aliphatic hydroxyl groups is 1. The minimum absolute atomic E-state index is 0.115. The summed E-state index contributed by atoms with van der Waals surface area (Å²) in [5.41, 5.74) is -0.115. The molecule has 0 aromatic carbocycles. The molecular weight excluding hydrogens is 214 g/mol. The minimum Gasteiger partial charge on any atom is -0.396 e. The molecule has 1 saturated carbocycles. The largest absolute Gasteiger partial charge is 0.396 e. The lowest BCUT2D eigenvalue weighted by Gasteiger charge is -2.40. The number of carbonyl (C=O) groups is 1. The highest BCUT2D eigenvalue weighted by molar-refractivity contribution is 5.82. The average Bonchev–Trinajstić information content (AvgIpc) is 2.39. The maximum atomic E-state index is 12.6. The van der Waals surface area contributed by atoms with Gasteiger partial charge < -0.3 is 10.0 Å². The molecule has 2 aliphatic rings. The van der Waals surface area contributed by atoms with Crippen molar-refractivity contribution in [3.63, 3.8) is 0 Å². The Morgan fingerprint density at radius 1 is 1.29 bits per heavy atom. The van der Waals surface area contributed by atoms with E-state index >= 15 is 0 Å². The van der Waals surface area contributed by atoms with Gasteiger partial charge in [-0.25, -0.2) is 0 Å². The molecule has 98 valence electrons. The predicted octanol–water partition coefficient (Wildman–Crippen LogP) is 2.19. The van der Waals surface area contributed by atoms with Crippen molar-refractivity contribution in [2.75, 3.05) is 19.7 Å². The summed E-state index contributed by atoms with van der Waals surface area (Å²) in [6.07, 6.45) is 7.88. The number of likely N-dealkylation sites (tertiary alicyclic amines) is 1. The van der Waals surface area contributed by atoms with E-state index in [-0.39, 0.29) is 12.0 Å². The molecular formula is C14H25NO2. The molecule has 3 nitrogen and oxygen atoms in total. The van der Waals surface area contributed by atoms with Crippen LogP contribution < -0.4 is 0 Å². The van der Waals surface area contributed by atoms with Crippen LogP contribution in [0.15, 0.2) is 0 Å². The average molecular weight is 239 g/mol. The smallest absolute Gasteiger partial charge is 0.228 e. The van der Waals surface area contributed by atoms with Gasteiger partial charge in [-0.1, -0.05) is 26.2 Å². The highest BCUT2D eigenvalue weighted by Crippen LogP contribution is 2.38. The van der Waals surface area contributed by atoms with Gasteiger partial charge in [0.2, 0.25) is 5.91 Å². The van der Waals surface area contributed by atoms with Gasteiger partial charge in [0, 0.05) is 25.1 Å². The maximum absolute atomic E-state index is 12.6. The summed E-state index contributed by atoms with van der Waals surface area (Å²) in [5.74, 6) is 0.648. The van der Waals surface area contributed by atoms with Crippen molar-refractivity contribution in [3.05, 3.63) is 0 Å². The molecule has 2 fully saturated rings. The van der Waals surface area contributed by atoms with Crippen molar-refractivity contribution in [1.82, 2.24) is 4.90 Å². The lowest BCUT2D eigenvalue weighted by molar-refractivity contribution is -0.145. The Morgan fingerprint density at radius 3 is 2.65 bits per heavy atom. The third-order valence-electron chi connectivity index (χ3n) is 4.54. The van der Waals surface area contributed by atoms with Gasteiger partial charge in [0.25, 0.3) is 0 Å². The number of hydrogen-bond donors (Lipinski definition) is 1. The summed E-state index contributed by atoms with van der Waals surface area (Å²) in [4.78, 5) is 14.6. The third-order valence-corrected chi connectivity index (χ3v) is 4.54. The summed E-state index contributed by atoms with van der Waals surface area (Å²) in [6.45, 7) is 4.02. The van der Waals surface area contributed by atoms with Crippen molar-refractivity contribution in [2.45, 2.75) is 51.9 Å². The number of nitrogens with zero attached hydrogens (tertiary/aromatic N) is 1. The fourth-order valence-electron chi connectivity index (χ4n) is 3.33. The monoisotopic (exact) mass is 239 g/mol. The van der Waals surface area contributed by atoms with Crippen LogP contribution in [-0.2, 0) is 4.79 Å². The molecule has 1 unspecified atom stereocenters. The summed E-state index contributed by atoms with van der Waals surface area (Å²) in [7, 11) is 0. The molecule has 1 atom stereocenters. The van der Waals surface area contributed by atoms with Crippen molar-refractivity contribution >= 4 is 5.91 Å². The fraction of sp³-hybridized carbons (Fsp3) is 0.929. The first-order valence-corrected chi connectivity index (χ1v) is 7.06. The van der Waals surface area contributed by atoms with Gasteiger partial charge in [0.05, 0.1) is 0 Å². The summed E-state index contributed by atoms with van der Waals surface area (Å²) >= 11 is 0. The molecule has 17 heavy (non-hydrogen) atoms. The lowest BCUT2D eigenvalue weighted by atomic mass is 9.74. The van der Waals surface area contributed by atoms with Gasteiger partial charge in [-0.05, 0) is 31.6 Å². The van der Waals surface area contributed by atoms with Gasteiger partial charge in [0.15, 0.2) is 0 Å². The zero-order valence-corrected chi connectivity index (χ0v) is 11.0. The number of amides is 1. The van der Waals surface area contributed by atoms with Crippen LogP contribution in [-0.4, -0.2) is 35.6 Å². The second-order valence-corrected chi connectivity index (χ2v) is 6.06. The summed E-state index contributed by atoms with van der Waals surface area (Å²) in [5, 5.41) is 9.23. The maximum Gasteiger partial charge on any atom is 0.228 e. The van der Waals surface area contributed by atoms with Gasteiger partial charge in [0.1, 0.15) is 0 Å². The molecule has 0 aromatic heterocycles. The number of rotatable bonds is 2. The van der Waals surface area contributed by atoms with Crippen LogP contribution in [0.3, 0.4) is 0 Å². The van der Waals surface area contributed by atoms with E-state index in [2.05, 4.69) is 6.92 Å². The van der Waals surface area contributed by atoms with Gasteiger partial charge >= 0.3 is 0 Å². The van der Waals surface area contributed by atoms with E-state index in [0.29, 0.717) is 11.8 Å². The molecule has 3 heteroatoms. The van der Waals surface area contributed by atoms with Crippen LogP contribution in [0.4, 0.5) is 0 Å². The minimum atomic E-state index is -0.115. The number of hydrogen-bond acceptors (Lipinski definition) is 2. The van der Waals surface area contributed by atoms with Crippen LogP contribution in [0.2, 0.25) is 0 Å². The molecule has 1 N–H and O–H groups in total. The highest BCUT2D eigenvalue weighted by Gasteiger charge is 2.38. The summed E-state index contributed by atoms with van der Waals surface area (Å²) < 4.78 is 0. The Hall–Kier alpha value is -0.570. The molecule has 1 heterocycles. The Bertz CT molecular complexity index is 271. The standard InChI is InChI=1S/C14H25NO2/c1-14(7-3-2-4-8-14)13(17)15-9-5-6-12(10-15)11-16/h12,16H,2-11H2,1H3. The summed E-state index contributed by atoms with van der Waals surface area (Å²) in [6, 6.07) is 0. The first-order chi connectivity index (χ1) is 8.15. The molecule has 1 saturated heterocycles. The zero-order valence-electron chi connectivity index (χ0n) is 11.0. The van der Waals surface area contributed by atoms with E-state index in [9.17, 15) is 9.90 Å². The molecule has 1 amide bonds. The number of carbonyl (C=O) groups excluding carboxylic acids is 1. The zero-order chi connectivity index (χ0) is 12.3. The van der Waals surface area contributed by atoms with Crippen LogP contribution >= 0.6 is 0 Å². The van der Waals surface area contributed by atoms with Crippen LogP contribution in [0.5, 0.6) is 0 Å². The molecule has 1 aliphatic heterocycles. The van der Waals surface area contributed by atoms with E-state index in [4.69, 9.17) is 0 Å². The van der Waals surface area contributed by atoms with Gasteiger partial charge in [-0.3, -0.25) is 4.79 Å².